The minimum Gasteiger partial charge on any atom is -0.383 e. The van der Waals surface area contributed by atoms with Crippen LogP contribution in [0.15, 0.2) is 6.07 Å². The van der Waals surface area contributed by atoms with Gasteiger partial charge < -0.3 is 5.73 Å². The number of aromatic nitrogens is 1. The van der Waals surface area contributed by atoms with E-state index in [1.54, 1.807) is 28.7 Å². The van der Waals surface area contributed by atoms with E-state index in [2.05, 4.69) is 4.98 Å². The maximum absolute atomic E-state index is 12.2. The molecule has 0 fully saturated rings. The van der Waals surface area contributed by atoms with Crippen molar-refractivity contribution in [3.63, 3.8) is 0 Å². The number of nitrogens with zero attached hydrogens (tertiary/aromatic N) is 2. The summed E-state index contributed by atoms with van der Waals surface area (Å²) in [6.45, 7) is 0. The highest BCUT2D eigenvalue weighted by molar-refractivity contribution is 14.1. The maximum atomic E-state index is 12.2. The molecule has 1 rings (SSSR count). The molecule has 3 nitrogen and oxygen atoms in total. The van der Waals surface area contributed by atoms with Crippen LogP contribution >= 0.6 is 22.6 Å². The first-order valence-electron chi connectivity index (χ1n) is 3.20. The Hall–Kier alpha value is -0.970. The van der Waals surface area contributed by atoms with E-state index in [1.165, 1.54) is 0 Å². The molecule has 1 heterocycles. The van der Waals surface area contributed by atoms with Crippen LogP contribution < -0.4 is 5.73 Å². The predicted molar refractivity (Wildman–Crippen MR) is 51.0 cm³/mol. The molecule has 68 valence electrons. The second-order valence-corrected chi connectivity index (χ2v) is 3.29. The van der Waals surface area contributed by atoms with E-state index in [0.717, 1.165) is 6.07 Å². The number of nitrogen functional groups attached to an aromatic ring is 1. The molecule has 0 atom stereocenters. The monoisotopic (exact) mass is 295 g/mol. The maximum Gasteiger partial charge on any atom is 0.280 e. The lowest BCUT2D eigenvalue weighted by atomic mass is 10.2. The first-order chi connectivity index (χ1) is 6.06. The molecule has 0 unspecified atom stereocenters. The number of rotatable bonds is 1. The summed E-state index contributed by atoms with van der Waals surface area (Å²) in [7, 11) is 0. The summed E-state index contributed by atoms with van der Waals surface area (Å²) in [5, 5.41) is 8.57. The second-order valence-electron chi connectivity index (χ2n) is 2.21. The third kappa shape index (κ3) is 2.03. The summed E-state index contributed by atoms with van der Waals surface area (Å²) < 4.78 is 24.7. The minimum absolute atomic E-state index is 0.0325. The molecular formula is C7H4F2IN3. The average Bonchev–Trinajstić information content (AvgIpc) is 2.09. The highest BCUT2D eigenvalue weighted by Gasteiger charge is 2.14. The van der Waals surface area contributed by atoms with Gasteiger partial charge in [0.05, 0.1) is 9.13 Å². The van der Waals surface area contributed by atoms with Crippen molar-refractivity contribution in [1.29, 1.82) is 5.26 Å². The Morgan fingerprint density at radius 3 is 2.69 bits per heavy atom. The van der Waals surface area contributed by atoms with Crippen LogP contribution in [-0.2, 0) is 0 Å². The second kappa shape index (κ2) is 3.83. The van der Waals surface area contributed by atoms with Crippen LogP contribution in [0.4, 0.5) is 14.6 Å². The molecule has 6 heteroatoms. The molecule has 0 amide bonds. The molecule has 0 aromatic carbocycles. The van der Waals surface area contributed by atoms with Gasteiger partial charge in [0.2, 0.25) is 0 Å². The molecule has 0 saturated heterocycles. The third-order valence-electron chi connectivity index (χ3n) is 1.35. The number of pyridine rings is 1. The Labute approximate surface area is 86.7 Å². The van der Waals surface area contributed by atoms with Crippen molar-refractivity contribution in [2.45, 2.75) is 6.43 Å². The van der Waals surface area contributed by atoms with Crippen LogP contribution in [0.3, 0.4) is 0 Å². The van der Waals surface area contributed by atoms with Gasteiger partial charge in [0.15, 0.2) is 0 Å². The van der Waals surface area contributed by atoms with Crippen molar-refractivity contribution < 1.29 is 8.78 Å². The molecule has 2 N–H and O–H groups in total. The third-order valence-corrected chi connectivity index (χ3v) is 2.48. The predicted octanol–water partition coefficient (Wildman–Crippen LogP) is 2.08. The fourth-order valence-corrected chi connectivity index (χ4v) is 1.16. The largest absolute Gasteiger partial charge is 0.383 e. The summed E-state index contributed by atoms with van der Waals surface area (Å²) in [5.41, 5.74) is 5.00. The van der Waals surface area contributed by atoms with Crippen LogP contribution in [0.2, 0.25) is 0 Å². The van der Waals surface area contributed by atoms with E-state index >= 15 is 0 Å². The van der Waals surface area contributed by atoms with Gasteiger partial charge in [0.25, 0.3) is 6.43 Å². The summed E-state index contributed by atoms with van der Waals surface area (Å²) in [6, 6.07) is 2.81. The van der Waals surface area contributed by atoms with Gasteiger partial charge >= 0.3 is 0 Å². The van der Waals surface area contributed by atoms with Gasteiger partial charge in [-0.1, -0.05) is 0 Å². The van der Waals surface area contributed by atoms with Gasteiger partial charge in [-0.25, -0.2) is 13.8 Å². The van der Waals surface area contributed by atoms with Crippen molar-refractivity contribution in [2.24, 2.45) is 0 Å². The number of hydrogen-bond donors (Lipinski definition) is 1. The Kier molecular flexibility index (Phi) is 2.98. The van der Waals surface area contributed by atoms with Crippen molar-refractivity contribution >= 4 is 28.4 Å². The molecule has 0 aliphatic carbocycles. The fourth-order valence-electron chi connectivity index (χ4n) is 0.763. The van der Waals surface area contributed by atoms with Gasteiger partial charge in [-0.3, -0.25) is 0 Å². The molecule has 0 saturated carbocycles. The molecule has 0 bridgehead atoms. The first kappa shape index (κ1) is 10.1. The summed E-state index contributed by atoms with van der Waals surface area (Å²) in [5.74, 6) is -0.0325. The van der Waals surface area contributed by atoms with Gasteiger partial charge in [-0.15, -0.1) is 0 Å². The average molecular weight is 295 g/mol. The van der Waals surface area contributed by atoms with Crippen LogP contribution in [0.5, 0.6) is 0 Å². The van der Waals surface area contributed by atoms with E-state index in [9.17, 15) is 8.78 Å². The molecule has 0 aliphatic heterocycles. The smallest absolute Gasteiger partial charge is 0.280 e. The standard InChI is InChI=1S/C7H4F2IN3/c8-6(9)4-1-3(2-11)5(10)7(12)13-4/h1,6H,(H2,12,13). The SMILES string of the molecule is N#Cc1cc(C(F)F)nc(N)c1I. The van der Waals surface area contributed by atoms with Crippen LogP contribution in [-0.4, -0.2) is 4.98 Å². The van der Waals surface area contributed by atoms with Crippen molar-refractivity contribution in [3.05, 3.63) is 20.9 Å². The Bertz CT molecular complexity index is 373. The van der Waals surface area contributed by atoms with Gasteiger partial charge in [0, 0.05) is 0 Å². The number of nitrogens with two attached hydrogens (primary N) is 1. The number of alkyl halides is 2. The highest BCUT2D eigenvalue weighted by Crippen LogP contribution is 2.23. The molecule has 13 heavy (non-hydrogen) atoms. The van der Waals surface area contributed by atoms with Crippen LogP contribution in [0.1, 0.15) is 17.7 Å². The molecule has 0 aliphatic rings. The fraction of sp³-hybridized carbons (Fsp3) is 0.143. The highest BCUT2D eigenvalue weighted by atomic mass is 127. The minimum atomic E-state index is -2.70. The van der Waals surface area contributed by atoms with Crippen molar-refractivity contribution in [3.8, 4) is 6.07 Å². The lowest BCUT2D eigenvalue weighted by molar-refractivity contribution is 0.146. The Morgan fingerprint density at radius 2 is 2.23 bits per heavy atom. The van der Waals surface area contributed by atoms with E-state index in [4.69, 9.17) is 11.0 Å². The van der Waals surface area contributed by atoms with Gasteiger partial charge in [-0.2, -0.15) is 5.26 Å². The zero-order valence-corrected chi connectivity index (χ0v) is 8.42. The van der Waals surface area contributed by atoms with Gasteiger partial charge in [0.1, 0.15) is 17.6 Å². The molecular weight excluding hydrogens is 291 g/mol. The number of anilines is 1. The Balaban J connectivity index is 3.32. The van der Waals surface area contributed by atoms with Crippen LogP contribution in [0.25, 0.3) is 0 Å². The lowest BCUT2D eigenvalue weighted by Gasteiger charge is -2.03. The van der Waals surface area contributed by atoms with Crippen LogP contribution in [0, 0.1) is 14.9 Å². The zero-order chi connectivity index (χ0) is 10.0. The number of hydrogen-bond acceptors (Lipinski definition) is 3. The Morgan fingerprint density at radius 1 is 1.62 bits per heavy atom. The molecule has 0 spiro atoms. The van der Waals surface area contributed by atoms with E-state index in [0.29, 0.717) is 3.57 Å². The molecule has 0 radical (unpaired) electrons. The van der Waals surface area contributed by atoms with E-state index < -0.39 is 12.1 Å². The summed E-state index contributed by atoms with van der Waals surface area (Å²) >= 11 is 1.79. The zero-order valence-electron chi connectivity index (χ0n) is 6.26. The number of nitriles is 1. The van der Waals surface area contributed by atoms with E-state index in [-0.39, 0.29) is 11.4 Å². The number of halogens is 3. The van der Waals surface area contributed by atoms with Crippen molar-refractivity contribution in [2.75, 3.05) is 5.73 Å². The lowest BCUT2D eigenvalue weighted by Crippen LogP contribution is -2.01. The summed E-state index contributed by atoms with van der Waals surface area (Å²) in [4.78, 5) is 3.45. The van der Waals surface area contributed by atoms with Crippen molar-refractivity contribution in [1.82, 2.24) is 4.98 Å². The normalized spacial score (nSPS) is 10.1. The molecule has 1 aromatic heterocycles. The quantitative estimate of drug-likeness (QED) is 0.807. The summed E-state index contributed by atoms with van der Waals surface area (Å²) in [6.07, 6.45) is -2.70. The molecule has 1 aromatic rings. The first-order valence-corrected chi connectivity index (χ1v) is 4.28. The van der Waals surface area contributed by atoms with Gasteiger partial charge in [-0.05, 0) is 28.7 Å². The van der Waals surface area contributed by atoms with E-state index in [1.807, 2.05) is 0 Å². The topological polar surface area (TPSA) is 62.7 Å².